The van der Waals surface area contributed by atoms with Crippen molar-refractivity contribution in [1.82, 2.24) is 5.32 Å². The number of ether oxygens (including phenoxy) is 5. The molecule has 1 aromatic rings. The molecule has 1 spiro atoms. The van der Waals surface area contributed by atoms with Crippen LogP contribution in [0.3, 0.4) is 0 Å². The molecule has 55 heavy (non-hydrogen) atoms. The van der Waals surface area contributed by atoms with E-state index in [1.807, 2.05) is 64.1 Å². The molecule has 1 amide bonds. The summed E-state index contributed by atoms with van der Waals surface area (Å²) in [6.07, 6.45) is 10.0. The van der Waals surface area contributed by atoms with Gasteiger partial charge >= 0.3 is 5.97 Å². The van der Waals surface area contributed by atoms with E-state index < -0.39 is 36.0 Å². The van der Waals surface area contributed by atoms with Crippen molar-refractivity contribution in [2.75, 3.05) is 19.8 Å². The fraction of sp³-hybridized carbons (Fsp3) is 0.605. The molecule has 0 saturated carbocycles. The van der Waals surface area contributed by atoms with Gasteiger partial charge in [0.2, 0.25) is 5.91 Å². The Morgan fingerprint density at radius 1 is 1.07 bits per heavy atom. The van der Waals surface area contributed by atoms with E-state index >= 15 is 0 Å². The molecule has 12 nitrogen and oxygen atoms in total. The van der Waals surface area contributed by atoms with E-state index in [-0.39, 0.29) is 54.6 Å². The van der Waals surface area contributed by atoms with Crippen LogP contribution in [0.25, 0.3) is 0 Å². The van der Waals surface area contributed by atoms with Crippen molar-refractivity contribution in [2.45, 2.75) is 142 Å². The average molecular weight is 765 g/mol. The zero-order valence-electron chi connectivity index (χ0n) is 33.5. The van der Waals surface area contributed by atoms with Gasteiger partial charge in [-0.05, 0) is 88.8 Å². The zero-order chi connectivity index (χ0) is 40.1. The highest BCUT2D eigenvalue weighted by atomic mass is 16.6. The van der Waals surface area contributed by atoms with Gasteiger partial charge in [0.1, 0.15) is 35.4 Å². The molecular weight excluding hydrogens is 704 g/mol. The summed E-state index contributed by atoms with van der Waals surface area (Å²) in [5, 5.41) is 14.1. The van der Waals surface area contributed by atoms with E-state index in [4.69, 9.17) is 23.7 Å². The van der Waals surface area contributed by atoms with E-state index in [2.05, 4.69) is 23.3 Å². The number of hydrogen-bond donors (Lipinski definition) is 2. The third-order valence-corrected chi connectivity index (χ3v) is 10.4. The molecule has 0 aromatic heterocycles. The number of aliphatic imine (C=N–C) groups is 1. The first kappa shape index (κ1) is 43.8. The first-order chi connectivity index (χ1) is 26.2. The molecule has 0 unspecified atom stereocenters. The normalized spacial score (nSPS) is 29.0. The van der Waals surface area contributed by atoms with E-state index in [0.29, 0.717) is 45.3 Å². The van der Waals surface area contributed by atoms with Gasteiger partial charge in [-0.25, -0.2) is 0 Å². The Balaban J connectivity index is 1.23. The minimum absolute atomic E-state index is 0.0233. The molecule has 302 valence electrons. The van der Waals surface area contributed by atoms with E-state index in [9.17, 15) is 24.3 Å². The van der Waals surface area contributed by atoms with E-state index in [1.165, 1.54) is 13.0 Å². The Hall–Kier alpha value is -3.97. The number of rotatable bonds is 19. The summed E-state index contributed by atoms with van der Waals surface area (Å²) in [5.74, 6) is 0.432. The maximum atomic E-state index is 13.0. The smallest absolute Gasteiger partial charge is 0.303 e. The molecule has 0 aliphatic carbocycles. The van der Waals surface area contributed by atoms with Crippen molar-refractivity contribution in [1.29, 1.82) is 0 Å². The van der Waals surface area contributed by atoms with Crippen LogP contribution in [-0.2, 0) is 38.1 Å². The number of Topliss-reactive ketones (excluding diaryl/α,β-unsaturated/α-hetero) is 2. The summed E-state index contributed by atoms with van der Waals surface area (Å²) >= 11 is 0. The Morgan fingerprint density at radius 2 is 1.80 bits per heavy atom. The zero-order valence-corrected chi connectivity index (χ0v) is 33.5. The lowest BCUT2D eigenvalue weighted by Crippen LogP contribution is -2.50. The molecule has 0 bridgehead atoms. The van der Waals surface area contributed by atoms with Crippen LogP contribution in [0.2, 0.25) is 0 Å². The van der Waals surface area contributed by atoms with E-state index in [0.717, 1.165) is 29.0 Å². The number of ketones is 2. The van der Waals surface area contributed by atoms with Crippen LogP contribution >= 0.6 is 0 Å². The van der Waals surface area contributed by atoms with Crippen molar-refractivity contribution < 1.29 is 48.0 Å². The number of aliphatic hydroxyl groups excluding tert-OH is 1. The predicted octanol–water partition coefficient (Wildman–Crippen LogP) is 5.58. The maximum absolute atomic E-state index is 13.0. The number of esters is 1. The third kappa shape index (κ3) is 13.9. The molecule has 1 aromatic carbocycles. The molecule has 12 heteroatoms. The Bertz CT molecular complexity index is 1590. The SMILES string of the molecule is CCC(=O)CCCOc1ccc(C(C)=NCC(=O)C[C@@H]2C[C@@]3(CO3)[C@H](O)[C@@H](/C=C/C(C)=C/C[C@@H]3O[C@H](C)[C@H](NC(=O)/C=C\[C@H](C)OC(C)=O)C[C@@H]3C)O2)cc1. The first-order valence-corrected chi connectivity index (χ1v) is 19.6. The van der Waals surface area contributed by atoms with Crippen LogP contribution in [0.1, 0.15) is 99.0 Å². The average Bonchev–Trinajstić information content (AvgIpc) is 3.92. The van der Waals surface area contributed by atoms with Crippen molar-refractivity contribution in [2.24, 2.45) is 10.9 Å². The topological polar surface area (TPSA) is 162 Å². The quantitative estimate of drug-likeness (QED) is 0.0455. The van der Waals surface area contributed by atoms with Gasteiger partial charge in [0.25, 0.3) is 0 Å². The van der Waals surface area contributed by atoms with Gasteiger partial charge in [0, 0.05) is 44.4 Å². The summed E-state index contributed by atoms with van der Waals surface area (Å²) in [4.78, 5) is 52.6. The molecule has 3 aliphatic heterocycles. The second-order valence-corrected chi connectivity index (χ2v) is 15.2. The summed E-state index contributed by atoms with van der Waals surface area (Å²) in [6, 6.07) is 7.39. The standard InChI is InChI=1S/C43H60N2O10/c1-8-34(47)10-9-21-51-36-16-14-33(15-17-36)30(5)44-25-35(48)23-37-24-43(26-52-43)42(50)40(55-37)19-12-27(2)11-18-39-28(3)22-38(31(6)54-39)45-41(49)20-13-29(4)53-32(7)46/h11-17,19-20,28-29,31,37-40,42,50H,8-10,18,21-26H2,1-7H3,(H,45,49)/b19-12+,20-13-,27-11+,44-30?/t28-,29-,31+,37+,38+,39-,40+,42+,43+/m0/s1. The molecule has 2 N–H and O–H groups in total. The molecule has 3 heterocycles. The number of benzene rings is 1. The number of carbonyl (C=O) groups is 4. The van der Waals surface area contributed by atoms with Crippen LogP contribution in [0.5, 0.6) is 5.75 Å². The van der Waals surface area contributed by atoms with Crippen LogP contribution in [0.15, 0.2) is 65.2 Å². The summed E-state index contributed by atoms with van der Waals surface area (Å²) < 4.78 is 29.1. The lowest BCUT2D eigenvalue weighted by molar-refractivity contribution is -0.144. The molecule has 3 fully saturated rings. The fourth-order valence-corrected chi connectivity index (χ4v) is 6.93. The van der Waals surface area contributed by atoms with Crippen molar-refractivity contribution in [3.63, 3.8) is 0 Å². The van der Waals surface area contributed by atoms with Crippen molar-refractivity contribution >= 4 is 29.2 Å². The number of hydrogen-bond acceptors (Lipinski definition) is 11. The van der Waals surface area contributed by atoms with Crippen LogP contribution < -0.4 is 10.1 Å². The molecular formula is C43H60N2O10. The Morgan fingerprint density at radius 3 is 2.47 bits per heavy atom. The van der Waals surface area contributed by atoms with Gasteiger partial charge in [-0.1, -0.05) is 37.6 Å². The second kappa shape index (κ2) is 20.8. The largest absolute Gasteiger partial charge is 0.494 e. The maximum Gasteiger partial charge on any atom is 0.303 e. The molecule has 3 saturated heterocycles. The number of nitrogens with zero attached hydrogens (tertiary/aromatic N) is 1. The van der Waals surface area contributed by atoms with Crippen LogP contribution in [0, 0.1) is 5.92 Å². The lowest BCUT2D eigenvalue weighted by atomic mass is 9.87. The van der Waals surface area contributed by atoms with Gasteiger partial charge in [-0.2, -0.15) is 0 Å². The van der Waals surface area contributed by atoms with Crippen LogP contribution in [0.4, 0.5) is 0 Å². The van der Waals surface area contributed by atoms with Crippen LogP contribution in [-0.4, -0.2) is 102 Å². The highest BCUT2D eigenvalue weighted by Gasteiger charge is 2.58. The second-order valence-electron chi connectivity index (χ2n) is 15.2. The third-order valence-electron chi connectivity index (χ3n) is 10.4. The highest BCUT2D eigenvalue weighted by molar-refractivity contribution is 6.00. The Kier molecular flexibility index (Phi) is 16.6. The number of carbonyl (C=O) groups excluding carboxylic acids is 4. The van der Waals surface area contributed by atoms with Crippen molar-refractivity contribution in [3.8, 4) is 5.75 Å². The minimum Gasteiger partial charge on any atom is -0.494 e. The van der Waals surface area contributed by atoms with Gasteiger partial charge in [0.05, 0.1) is 44.1 Å². The summed E-state index contributed by atoms with van der Waals surface area (Å²) in [7, 11) is 0. The minimum atomic E-state index is -0.844. The van der Waals surface area contributed by atoms with Crippen molar-refractivity contribution in [3.05, 3.63) is 65.8 Å². The number of epoxide rings is 1. The summed E-state index contributed by atoms with van der Waals surface area (Å²) in [5.41, 5.74) is 1.92. The predicted molar refractivity (Wildman–Crippen MR) is 209 cm³/mol. The number of aliphatic hydroxyl groups is 1. The molecule has 9 atom stereocenters. The molecule has 3 aliphatic rings. The number of allylic oxidation sites excluding steroid dienone is 2. The summed E-state index contributed by atoms with van der Waals surface area (Å²) in [6.45, 7) is 13.7. The molecule has 4 rings (SSSR count). The fourth-order valence-electron chi connectivity index (χ4n) is 6.93. The lowest BCUT2D eigenvalue weighted by Gasteiger charge is -2.39. The van der Waals surface area contributed by atoms with Gasteiger partial charge in [0.15, 0.2) is 5.78 Å². The highest BCUT2D eigenvalue weighted by Crippen LogP contribution is 2.43. The Labute approximate surface area is 325 Å². The number of amides is 1. The van der Waals surface area contributed by atoms with E-state index in [1.54, 1.807) is 13.0 Å². The molecule has 0 radical (unpaired) electrons. The van der Waals surface area contributed by atoms with Gasteiger partial charge < -0.3 is 34.1 Å². The number of nitrogens with one attached hydrogen (secondary N) is 1. The monoisotopic (exact) mass is 764 g/mol. The first-order valence-electron chi connectivity index (χ1n) is 19.6. The van der Waals surface area contributed by atoms with Gasteiger partial charge in [-0.15, -0.1) is 0 Å². The van der Waals surface area contributed by atoms with Gasteiger partial charge in [-0.3, -0.25) is 24.2 Å².